The molecular weight excluding hydrogens is 438 g/mol. The van der Waals surface area contributed by atoms with E-state index in [0.29, 0.717) is 47.6 Å². The molecule has 31 heavy (non-hydrogen) atoms. The molecule has 4 rings (SSSR count). The number of aromatic nitrogens is 4. The Bertz CT molecular complexity index is 1150. The summed E-state index contributed by atoms with van der Waals surface area (Å²) in [5.74, 6) is 0.652. The van der Waals surface area contributed by atoms with Crippen molar-refractivity contribution in [2.24, 2.45) is 5.73 Å². The van der Waals surface area contributed by atoms with E-state index in [1.807, 2.05) is 4.90 Å². The molecule has 0 aromatic carbocycles. The van der Waals surface area contributed by atoms with Gasteiger partial charge in [-0.15, -0.1) is 3.89 Å². The Labute approximate surface area is 178 Å². The molecule has 0 saturated heterocycles. The van der Waals surface area contributed by atoms with Gasteiger partial charge in [0.2, 0.25) is 0 Å². The minimum Gasteiger partial charge on any atom is -0.351 e. The summed E-state index contributed by atoms with van der Waals surface area (Å²) in [6.45, 7) is 2.07. The zero-order valence-corrected chi connectivity index (χ0v) is 17.0. The number of amides is 1. The number of hydrogen-bond donors (Lipinski definition) is 1. The number of nitrogens with zero attached hydrogens (tertiary/aromatic N) is 6. The Morgan fingerprint density at radius 3 is 2.68 bits per heavy atom. The van der Waals surface area contributed by atoms with Crippen molar-refractivity contribution in [2.75, 3.05) is 11.4 Å². The first-order chi connectivity index (χ1) is 14.7. The Morgan fingerprint density at radius 1 is 1.39 bits per heavy atom. The fourth-order valence-electron chi connectivity index (χ4n) is 3.24. The maximum absolute atomic E-state index is 13.0. The molecule has 8 nitrogen and oxygen atoms in total. The number of anilines is 1. The van der Waals surface area contributed by atoms with Crippen molar-refractivity contribution in [3.63, 3.8) is 0 Å². The van der Waals surface area contributed by atoms with Gasteiger partial charge in [0.1, 0.15) is 18.2 Å². The first-order valence-electron chi connectivity index (χ1n) is 9.06. The van der Waals surface area contributed by atoms with E-state index in [-0.39, 0.29) is 12.3 Å². The highest BCUT2D eigenvalue weighted by Gasteiger charge is 2.27. The lowest BCUT2D eigenvalue weighted by atomic mass is 10.0. The molecule has 3 aromatic heterocycles. The van der Waals surface area contributed by atoms with Crippen LogP contribution in [0, 0.1) is 11.3 Å². The van der Waals surface area contributed by atoms with Gasteiger partial charge in [0, 0.05) is 25.4 Å². The smallest absolute Gasteiger partial charge is 0.351 e. The molecule has 3 aromatic rings. The maximum Gasteiger partial charge on any atom is 0.388 e. The predicted octanol–water partition coefficient (Wildman–Crippen LogP) is 3.93. The van der Waals surface area contributed by atoms with Crippen LogP contribution < -0.4 is 10.6 Å². The van der Waals surface area contributed by atoms with Gasteiger partial charge in [-0.1, -0.05) is 6.92 Å². The normalized spacial score (nSPS) is 13.4. The van der Waals surface area contributed by atoms with Gasteiger partial charge in [-0.05, 0) is 18.1 Å². The number of nitrogens with two attached hydrogens (primary N) is 1. The lowest BCUT2D eigenvalue weighted by Gasteiger charge is -2.29. The third-order valence-corrected chi connectivity index (χ3v) is 5.20. The highest BCUT2D eigenvalue weighted by atomic mass is 32.2. The van der Waals surface area contributed by atoms with E-state index in [2.05, 4.69) is 16.0 Å². The Morgan fingerprint density at radius 2 is 2.10 bits per heavy atom. The molecule has 0 saturated carbocycles. The minimum absolute atomic E-state index is 0.0681. The number of primary amides is 1. The molecule has 1 amide bonds. The van der Waals surface area contributed by atoms with E-state index >= 15 is 0 Å². The van der Waals surface area contributed by atoms with Gasteiger partial charge in [-0.25, -0.2) is 18.7 Å². The van der Waals surface area contributed by atoms with Gasteiger partial charge < -0.3 is 10.6 Å². The monoisotopic (exact) mass is 455 g/mol. The second kappa shape index (κ2) is 8.84. The molecule has 13 heteroatoms. The fourth-order valence-corrected chi connectivity index (χ4v) is 3.56. The van der Waals surface area contributed by atoms with Crippen molar-refractivity contribution >= 4 is 35.2 Å². The van der Waals surface area contributed by atoms with Crippen LogP contribution in [-0.2, 0) is 13.0 Å². The molecule has 0 unspecified atom stereocenters. The third kappa shape index (κ3) is 4.58. The van der Waals surface area contributed by atoms with Crippen LogP contribution in [0.25, 0.3) is 11.0 Å². The molecule has 0 spiro atoms. The largest absolute Gasteiger partial charge is 0.388 e. The fraction of sp³-hybridized carbons (Fsp3) is 0.333. The highest BCUT2D eigenvalue weighted by molar-refractivity contribution is 7.92. The van der Waals surface area contributed by atoms with Gasteiger partial charge >= 0.3 is 12.2 Å². The molecule has 1 aliphatic heterocycles. The lowest BCUT2D eigenvalue weighted by Crippen LogP contribution is -2.34. The van der Waals surface area contributed by atoms with Crippen LogP contribution in [0.3, 0.4) is 0 Å². The quantitative estimate of drug-likeness (QED) is 0.587. The van der Waals surface area contributed by atoms with E-state index in [4.69, 9.17) is 5.73 Å². The average molecular weight is 455 g/mol. The standard InChI is InChI=1S/C15H12FN7OS.C3H5F3/c16-25-23-4-2-11-13(19-8-20-14(11)23)21-3-1-10-9(5-17)6-22(15(18)24)12(10)7-21;1-2-3(4,5)6/h2,4,6,8H,1,3,7H2,(H2,18,24);2H2,1H3. The van der Waals surface area contributed by atoms with Crippen LogP contribution in [0.1, 0.15) is 30.2 Å². The molecular formula is C18H17F4N7OS. The molecule has 0 atom stereocenters. The second-order valence-corrected chi connectivity index (χ2v) is 7.10. The molecule has 0 fully saturated rings. The Balaban J connectivity index is 0.000000401. The summed E-state index contributed by atoms with van der Waals surface area (Å²) >= 11 is 0.0681. The number of carbonyl (C=O) groups is 1. The number of carbonyl (C=O) groups excluding carboxylic acids is 1. The highest BCUT2D eigenvalue weighted by Crippen LogP contribution is 2.31. The third-order valence-electron chi connectivity index (χ3n) is 4.75. The SMILES string of the molecule is CCC(F)(F)F.N#Cc1cn(C(N)=O)c2c1CCN(c1ncnc3c1ccn3SF)C2. The van der Waals surface area contributed by atoms with Crippen LogP contribution in [0.5, 0.6) is 0 Å². The number of alkyl halides is 3. The summed E-state index contributed by atoms with van der Waals surface area (Å²) in [6, 6.07) is 3.22. The van der Waals surface area contributed by atoms with Crippen molar-refractivity contribution in [3.8, 4) is 6.07 Å². The van der Waals surface area contributed by atoms with Gasteiger partial charge in [0.05, 0.1) is 23.2 Å². The molecule has 1 aliphatic rings. The number of halogens is 4. The van der Waals surface area contributed by atoms with Gasteiger partial charge in [0.15, 0.2) is 18.0 Å². The topological polar surface area (TPSA) is 106 Å². The summed E-state index contributed by atoms with van der Waals surface area (Å²) in [5.41, 5.74) is 7.88. The van der Waals surface area contributed by atoms with Gasteiger partial charge in [0.25, 0.3) is 0 Å². The average Bonchev–Trinajstić information content (AvgIpc) is 3.34. The number of hydrogen-bond acceptors (Lipinski definition) is 6. The number of fused-ring (bicyclic) bond motifs is 2. The van der Waals surface area contributed by atoms with Crippen LogP contribution >= 0.6 is 12.3 Å². The number of nitriles is 1. The first kappa shape index (κ1) is 22.4. The van der Waals surface area contributed by atoms with Crippen molar-refractivity contribution in [3.05, 3.63) is 41.6 Å². The van der Waals surface area contributed by atoms with Crippen LogP contribution in [-0.4, -0.2) is 37.3 Å². The van der Waals surface area contributed by atoms with E-state index < -0.39 is 18.6 Å². The minimum atomic E-state index is -3.96. The molecule has 0 bridgehead atoms. The predicted molar refractivity (Wildman–Crippen MR) is 107 cm³/mol. The van der Waals surface area contributed by atoms with Crippen molar-refractivity contribution < 1.29 is 21.9 Å². The summed E-state index contributed by atoms with van der Waals surface area (Å²) in [5, 5.41) is 9.97. The zero-order chi connectivity index (χ0) is 22.8. The summed E-state index contributed by atoms with van der Waals surface area (Å²) in [7, 11) is 0. The van der Waals surface area contributed by atoms with Crippen LogP contribution in [0.4, 0.5) is 27.7 Å². The maximum atomic E-state index is 13.0. The van der Waals surface area contributed by atoms with Crippen molar-refractivity contribution in [1.29, 1.82) is 5.26 Å². The van der Waals surface area contributed by atoms with Crippen LogP contribution in [0.15, 0.2) is 24.8 Å². The zero-order valence-electron chi connectivity index (χ0n) is 16.2. The summed E-state index contributed by atoms with van der Waals surface area (Å²) in [4.78, 5) is 22.1. The van der Waals surface area contributed by atoms with E-state index in [1.54, 1.807) is 12.3 Å². The molecule has 0 aliphatic carbocycles. The Hall–Kier alpha value is -3.27. The first-order valence-corrected chi connectivity index (χ1v) is 9.73. The van der Waals surface area contributed by atoms with E-state index in [1.165, 1.54) is 21.1 Å². The molecule has 164 valence electrons. The molecule has 0 radical (unpaired) electrons. The van der Waals surface area contributed by atoms with Gasteiger partial charge in [-0.2, -0.15) is 18.4 Å². The van der Waals surface area contributed by atoms with Crippen molar-refractivity contribution in [1.82, 2.24) is 18.5 Å². The molecule has 4 heterocycles. The van der Waals surface area contributed by atoms with E-state index in [9.17, 15) is 27.1 Å². The summed E-state index contributed by atoms with van der Waals surface area (Å²) < 4.78 is 47.9. The van der Waals surface area contributed by atoms with Crippen LogP contribution in [0.2, 0.25) is 0 Å². The Kier molecular flexibility index (Phi) is 6.40. The second-order valence-electron chi connectivity index (χ2n) is 6.57. The van der Waals surface area contributed by atoms with Crippen molar-refractivity contribution in [2.45, 2.75) is 32.5 Å². The summed E-state index contributed by atoms with van der Waals surface area (Å²) in [6.07, 6.45) is 0.342. The lowest BCUT2D eigenvalue weighted by molar-refractivity contribution is -0.130. The van der Waals surface area contributed by atoms with Gasteiger partial charge in [-0.3, -0.25) is 4.57 Å². The number of rotatable bonds is 2. The van der Waals surface area contributed by atoms with E-state index in [0.717, 1.165) is 12.5 Å². The molecule has 2 N–H and O–H groups in total.